The monoisotopic (exact) mass is 258 g/mol. The van der Waals surface area contributed by atoms with E-state index in [4.69, 9.17) is 5.73 Å². The standard InChI is InChI=1S/C14H15FN4/c15-10-3-1-9(2-4-10)7-13-18-12-5-6-17-8-11(12)14(16)19-13/h1-4,17H,5-8H2,(H2,16,18,19). The number of nitrogens with zero attached hydrogens (tertiary/aromatic N) is 2. The summed E-state index contributed by atoms with van der Waals surface area (Å²) in [7, 11) is 0. The molecule has 3 N–H and O–H groups in total. The zero-order valence-electron chi connectivity index (χ0n) is 10.5. The number of rotatable bonds is 2. The van der Waals surface area contributed by atoms with Gasteiger partial charge in [-0.2, -0.15) is 0 Å². The maximum absolute atomic E-state index is 12.9. The summed E-state index contributed by atoms with van der Waals surface area (Å²) in [4.78, 5) is 8.90. The number of aromatic nitrogens is 2. The van der Waals surface area contributed by atoms with Crippen molar-refractivity contribution >= 4 is 5.82 Å². The first-order valence-corrected chi connectivity index (χ1v) is 6.31. The molecule has 98 valence electrons. The highest BCUT2D eigenvalue weighted by Gasteiger charge is 2.15. The van der Waals surface area contributed by atoms with Crippen LogP contribution in [0.4, 0.5) is 10.2 Å². The second kappa shape index (κ2) is 4.93. The van der Waals surface area contributed by atoms with Gasteiger partial charge in [0.05, 0.1) is 5.69 Å². The largest absolute Gasteiger partial charge is 0.383 e. The Kier molecular flexibility index (Phi) is 3.13. The molecule has 3 rings (SSSR count). The van der Waals surface area contributed by atoms with Crippen LogP contribution >= 0.6 is 0 Å². The van der Waals surface area contributed by atoms with Gasteiger partial charge < -0.3 is 11.1 Å². The highest BCUT2D eigenvalue weighted by Crippen LogP contribution is 2.18. The van der Waals surface area contributed by atoms with Gasteiger partial charge in [0.25, 0.3) is 0 Å². The van der Waals surface area contributed by atoms with Crippen LogP contribution in [0.25, 0.3) is 0 Å². The number of nitrogens with one attached hydrogen (secondary N) is 1. The van der Waals surface area contributed by atoms with Gasteiger partial charge >= 0.3 is 0 Å². The van der Waals surface area contributed by atoms with Crippen LogP contribution in [0, 0.1) is 5.82 Å². The topological polar surface area (TPSA) is 63.8 Å². The number of fused-ring (bicyclic) bond motifs is 1. The van der Waals surface area contributed by atoms with Crippen molar-refractivity contribution in [3.8, 4) is 0 Å². The molecule has 0 spiro atoms. The Hall–Kier alpha value is -2.01. The van der Waals surface area contributed by atoms with E-state index in [0.717, 1.165) is 36.3 Å². The van der Waals surface area contributed by atoms with Crippen molar-refractivity contribution in [2.24, 2.45) is 0 Å². The molecule has 0 fully saturated rings. The summed E-state index contributed by atoms with van der Waals surface area (Å²) >= 11 is 0. The number of hydrogen-bond donors (Lipinski definition) is 2. The van der Waals surface area contributed by atoms with Gasteiger partial charge in [0, 0.05) is 31.5 Å². The number of benzene rings is 1. The fourth-order valence-corrected chi connectivity index (χ4v) is 2.29. The fraction of sp³-hybridized carbons (Fsp3) is 0.286. The van der Waals surface area contributed by atoms with Crippen LogP contribution in [-0.2, 0) is 19.4 Å². The molecule has 0 atom stereocenters. The summed E-state index contributed by atoms with van der Waals surface area (Å²) in [6, 6.07) is 6.38. The van der Waals surface area contributed by atoms with E-state index in [-0.39, 0.29) is 5.82 Å². The highest BCUT2D eigenvalue weighted by atomic mass is 19.1. The van der Waals surface area contributed by atoms with Crippen LogP contribution < -0.4 is 11.1 Å². The van der Waals surface area contributed by atoms with Gasteiger partial charge in [-0.3, -0.25) is 0 Å². The summed E-state index contributed by atoms with van der Waals surface area (Å²) in [6.07, 6.45) is 1.45. The minimum Gasteiger partial charge on any atom is -0.383 e. The Balaban J connectivity index is 1.89. The molecule has 1 aliphatic heterocycles. The van der Waals surface area contributed by atoms with Crippen molar-refractivity contribution in [3.05, 3.63) is 52.7 Å². The third kappa shape index (κ3) is 2.56. The lowest BCUT2D eigenvalue weighted by molar-refractivity contribution is 0.622. The molecule has 0 saturated carbocycles. The number of nitrogens with two attached hydrogens (primary N) is 1. The molecule has 4 nitrogen and oxygen atoms in total. The van der Waals surface area contributed by atoms with Crippen LogP contribution in [0.5, 0.6) is 0 Å². The van der Waals surface area contributed by atoms with Crippen molar-refractivity contribution in [1.29, 1.82) is 0 Å². The first kappa shape index (κ1) is 12.0. The molecule has 0 aliphatic carbocycles. The Morgan fingerprint density at radius 2 is 2.00 bits per heavy atom. The van der Waals surface area contributed by atoms with Crippen LogP contribution in [0.2, 0.25) is 0 Å². The molecule has 2 heterocycles. The molecule has 0 saturated heterocycles. The lowest BCUT2D eigenvalue weighted by Crippen LogP contribution is -2.26. The van der Waals surface area contributed by atoms with E-state index in [1.807, 2.05) is 0 Å². The third-order valence-corrected chi connectivity index (χ3v) is 3.29. The second-order valence-corrected chi connectivity index (χ2v) is 4.68. The fourth-order valence-electron chi connectivity index (χ4n) is 2.29. The van der Waals surface area contributed by atoms with Crippen molar-refractivity contribution in [1.82, 2.24) is 15.3 Å². The first-order chi connectivity index (χ1) is 9.22. The van der Waals surface area contributed by atoms with E-state index in [9.17, 15) is 4.39 Å². The molecule has 0 amide bonds. The van der Waals surface area contributed by atoms with Gasteiger partial charge in [-0.05, 0) is 17.7 Å². The average molecular weight is 258 g/mol. The Morgan fingerprint density at radius 3 is 2.79 bits per heavy atom. The molecular weight excluding hydrogens is 243 g/mol. The number of nitrogen functional groups attached to an aromatic ring is 1. The molecule has 19 heavy (non-hydrogen) atoms. The molecule has 0 unspecified atom stereocenters. The third-order valence-electron chi connectivity index (χ3n) is 3.29. The summed E-state index contributed by atoms with van der Waals surface area (Å²) < 4.78 is 12.9. The lowest BCUT2D eigenvalue weighted by Gasteiger charge is -2.18. The Bertz CT molecular complexity index is 595. The number of halogens is 1. The van der Waals surface area contributed by atoms with Crippen molar-refractivity contribution in [2.75, 3.05) is 12.3 Å². The number of anilines is 1. The quantitative estimate of drug-likeness (QED) is 0.855. The van der Waals surface area contributed by atoms with E-state index in [2.05, 4.69) is 15.3 Å². The summed E-state index contributed by atoms with van der Waals surface area (Å²) in [5.41, 5.74) is 8.99. The molecule has 2 aromatic rings. The van der Waals surface area contributed by atoms with Gasteiger partial charge in [-0.25, -0.2) is 14.4 Å². The van der Waals surface area contributed by atoms with Crippen LogP contribution in [0.15, 0.2) is 24.3 Å². The van der Waals surface area contributed by atoms with Gasteiger partial charge in [-0.15, -0.1) is 0 Å². The smallest absolute Gasteiger partial charge is 0.135 e. The number of hydrogen-bond acceptors (Lipinski definition) is 4. The molecule has 0 radical (unpaired) electrons. The second-order valence-electron chi connectivity index (χ2n) is 4.68. The molecule has 1 aromatic carbocycles. The highest BCUT2D eigenvalue weighted by molar-refractivity contribution is 5.43. The van der Waals surface area contributed by atoms with Crippen LogP contribution in [0.3, 0.4) is 0 Å². The van der Waals surface area contributed by atoms with E-state index in [1.165, 1.54) is 12.1 Å². The molecule has 1 aromatic heterocycles. The normalized spacial score (nSPS) is 14.2. The maximum Gasteiger partial charge on any atom is 0.135 e. The SMILES string of the molecule is Nc1nc(Cc2ccc(F)cc2)nc2c1CNCC2. The van der Waals surface area contributed by atoms with Crippen LogP contribution in [-0.4, -0.2) is 16.5 Å². The Labute approximate surface area is 110 Å². The average Bonchev–Trinajstić information content (AvgIpc) is 2.42. The summed E-state index contributed by atoms with van der Waals surface area (Å²) in [5, 5.41) is 3.26. The predicted molar refractivity (Wildman–Crippen MR) is 71.1 cm³/mol. The zero-order chi connectivity index (χ0) is 13.2. The van der Waals surface area contributed by atoms with Gasteiger partial charge in [-0.1, -0.05) is 12.1 Å². The minimum atomic E-state index is -0.235. The Morgan fingerprint density at radius 1 is 1.21 bits per heavy atom. The molecule has 1 aliphatic rings. The van der Waals surface area contributed by atoms with Crippen molar-refractivity contribution in [3.63, 3.8) is 0 Å². The predicted octanol–water partition coefficient (Wildman–Crippen LogP) is 1.43. The van der Waals surface area contributed by atoms with E-state index < -0.39 is 0 Å². The zero-order valence-corrected chi connectivity index (χ0v) is 10.5. The molecular formula is C14H15FN4. The van der Waals surface area contributed by atoms with Crippen LogP contribution in [0.1, 0.15) is 22.6 Å². The molecule has 5 heteroatoms. The summed E-state index contributed by atoms with van der Waals surface area (Å²) in [6.45, 7) is 1.65. The molecule has 0 bridgehead atoms. The van der Waals surface area contributed by atoms with Crippen molar-refractivity contribution < 1.29 is 4.39 Å². The maximum atomic E-state index is 12.9. The van der Waals surface area contributed by atoms with Crippen molar-refractivity contribution in [2.45, 2.75) is 19.4 Å². The first-order valence-electron chi connectivity index (χ1n) is 6.31. The van der Waals surface area contributed by atoms with Gasteiger partial charge in [0.1, 0.15) is 17.5 Å². The van der Waals surface area contributed by atoms with Gasteiger partial charge in [0.15, 0.2) is 0 Å². The van der Waals surface area contributed by atoms with E-state index >= 15 is 0 Å². The lowest BCUT2D eigenvalue weighted by atomic mass is 10.1. The van der Waals surface area contributed by atoms with Gasteiger partial charge in [0.2, 0.25) is 0 Å². The summed E-state index contributed by atoms with van der Waals surface area (Å²) in [5.74, 6) is 1.01. The van der Waals surface area contributed by atoms with E-state index in [1.54, 1.807) is 12.1 Å². The van der Waals surface area contributed by atoms with E-state index in [0.29, 0.717) is 18.1 Å². The minimum absolute atomic E-state index is 0.235.